The lowest BCUT2D eigenvalue weighted by molar-refractivity contribution is 0.467. The number of benzene rings is 1. The Labute approximate surface area is 95.0 Å². The second kappa shape index (κ2) is 3.37. The molecule has 0 heterocycles. The number of rotatable bonds is 4. The van der Waals surface area contributed by atoms with Gasteiger partial charge in [0.1, 0.15) is 5.82 Å². The van der Waals surface area contributed by atoms with E-state index in [1.165, 1.54) is 37.8 Å². The lowest BCUT2D eigenvalue weighted by atomic mass is 10.0. The van der Waals surface area contributed by atoms with Crippen molar-refractivity contribution in [2.45, 2.75) is 25.7 Å². The molecule has 2 aliphatic carbocycles. The first-order valence-corrected chi connectivity index (χ1v) is 5.98. The van der Waals surface area contributed by atoms with E-state index in [2.05, 4.69) is 5.32 Å². The highest BCUT2D eigenvalue weighted by atomic mass is 19.1. The first-order valence-electron chi connectivity index (χ1n) is 5.98. The number of nitrogen functional groups attached to an aromatic ring is 1. The summed E-state index contributed by atoms with van der Waals surface area (Å²) in [6, 6.07) is 4.66. The van der Waals surface area contributed by atoms with Gasteiger partial charge in [0.2, 0.25) is 0 Å². The second-order valence-corrected chi connectivity index (χ2v) is 5.26. The van der Waals surface area contributed by atoms with Gasteiger partial charge in [-0.2, -0.15) is 0 Å². The van der Waals surface area contributed by atoms with Gasteiger partial charge in [-0.1, -0.05) is 0 Å². The monoisotopic (exact) mass is 220 g/mol. The van der Waals surface area contributed by atoms with Gasteiger partial charge in [-0.25, -0.2) is 4.39 Å². The topological polar surface area (TPSA) is 38.0 Å². The zero-order chi connectivity index (χ0) is 11.2. The van der Waals surface area contributed by atoms with E-state index in [1.807, 2.05) is 0 Å². The molecule has 0 saturated heterocycles. The largest absolute Gasteiger partial charge is 0.399 e. The van der Waals surface area contributed by atoms with Crippen LogP contribution in [0, 0.1) is 17.2 Å². The molecule has 0 radical (unpaired) electrons. The normalized spacial score (nSPS) is 21.8. The van der Waals surface area contributed by atoms with Gasteiger partial charge in [0.25, 0.3) is 0 Å². The van der Waals surface area contributed by atoms with E-state index in [9.17, 15) is 4.39 Å². The Bertz CT molecular complexity index is 388. The Hall–Kier alpha value is -1.25. The number of nitrogens with one attached hydrogen (secondary N) is 1. The average Bonchev–Trinajstić information content (AvgIpc) is 3.07. The number of hydrogen-bond donors (Lipinski definition) is 2. The fourth-order valence-electron chi connectivity index (χ4n) is 2.58. The standard InChI is InChI=1S/C13H17FN2/c14-10-5-11(15)7-12(6-10)16-8-13(3-4-13)9-1-2-9/h5-7,9,16H,1-4,8,15H2. The molecule has 2 nitrogen and oxygen atoms in total. The van der Waals surface area contributed by atoms with Crippen LogP contribution in [0.5, 0.6) is 0 Å². The minimum absolute atomic E-state index is 0.265. The SMILES string of the molecule is Nc1cc(F)cc(NCC2(C3CC3)CC2)c1. The first-order chi connectivity index (χ1) is 7.68. The van der Waals surface area contributed by atoms with Crippen molar-refractivity contribution in [2.24, 2.45) is 11.3 Å². The molecule has 0 unspecified atom stereocenters. The van der Waals surface area contributed by atoms with Crippen LogP contribution in [0.1, 0.15) is 25.7 Å². The Morgan fingerprint density at radius 3 is 2.62 bits per heavy atom. The molecule has 0 aliphatic heterocycles. The molecule has 3 heteroatoms. The molecule has 2 saturated carbocycles. The van der Waals surface area contributed by atoms with Crippen molar-refractivity contribution in [3.63, 3.8) is 0 Å². The van der Waals surface area contributed by atoms with Crippen LogP contribution in [0.4, 0.5) is 15.8 Å². The Morgan fingerprint density at radius 1 is 1.31 bits per heavy atom. The van der Waals surface area contributed by atoms with Gasteiger partial charge < -0.3 is 11.1 Å². The first kappa shape index (κ1) is 9.94. The van der Waals surface area contributed by atoms with Crippen LogP contribution >= 0.6 is 0 Å². The summed E-state index contributed by atoms with van der Waals surface area (Å²) in [7, 11) is 0. The predicted molar refractivity (Wildman–Crippen MR) is 63.7 cm³/mol. The maximum atomic E-state index is 13.1. The van der Waals surface area contributed by atoms with E-state index in [4.69, 9.17) is 5.73 Å². The lowest BCUT2D eigenvalue weighted by Crippen LogP contribution is -2.17. The molecule has 0 atom stereocenters. The maximum Gasteiger partial charge on any atom is 0.127 e. The number of halogens is 1. The Balaban J connectivity index is 1.65. The van der Waals surface area contributed by atoms with Gasteiger partial charge in [0.05, 0.1) is 0 Å². The molecule has 0 spiro atoms. The molecule has 3 rings (SSSR count). The third-order valence-electron chi connectivity index (χ3n) is 3.90. The van der Waals surface area contributed by atoms with Gasteiger partial charge in [-0.3, -0.25) is 0 Å². The van der Waals surface area contributed by atoms with Crippen LogP contribution in [0.3, 0.4) is 0 Å². The number of hydrogen-bond acceptors (Lipinski definition) is 2. The highest BCUT2D eigenvalue weighted by Gasteiger charge is 2.53. The zero-order valence-electron chi connectivity index (χ0n) is 9.30. The summed E-state index contributed by atoms with van der Waals surface area (Å²) in [5.74, 6) is 0.657. The van der Waals surface area contributed by atoms with E-state index in [0.29, 0.717) is 11.1 Å². The minimum Gasteiger partial charge on any atom is -0.399 e. The molecule has 2 fully saturated rings. The summed E-state index contributed by atoms with van der Waals surface area (Å²) >= 11 is 0. The van der Waals surface area contributed by atoms with Gasteiger partial charge in [0.15, 0.2) is 0 Å². The van der Waals surface area contributed by atoms with Crippen molar-refractivity contribution in [2.75, 3.05) is 17.6 Å². The fraction of sp³-hybridized carbons (Fsp3) is 0.538. The van der Waals surface area contributed by atoms with Crippen LogP contribution in [0.25, 0.3) is 0 Å². The van der Waals surface area contributed by atoms with E-state index < -0.39 is 0 Å². The van der Waals surface area contributed by atoms with Crippen molar-refractivity contribution < 1.29 is 4.39 Å². The van der Waals surface area contributed by atoms with Crippen LogP contribution in [-0.2, 0) is 0 Å². The molecule has 3 N–H and O–H groups in total. The van der Waals surface area contributed by atoms with Crippen molar-refractivity contribution in [1.82, 2.24) is 0 Å². The van der Waals surface area contributed by atoms with E-state index in [-0.39, 0.29) is 5.82 Å². The molecule has 86 valence electrons. The summed E-state index contributed by atoms with van der Waals surface area (Å²) in [4.78, 5) is 0. The third-order valence-corrected chi connectivity index (χ3v) is 3.90. The van der Waals surface area contributed by atoms with Gasteiger partial charge in [0, 0.05) is 17.9 Å². The summed E-state index contributed by atoms with van der Waals surface area (Å²) < 4.78 is 13.1. The van der Waals surface area contributed by atoms with Gasteiger partial charge >= 0.3 is 0 Å². The van der Waals surface area contributed by atoms with E-state index in [0.717, 1.165) is 18.2 Å². The van der Waals surface area contributed by atoms with Crippen LogP contribution in [-0.4, -0.2) is 6.54 Å². The number of anilines is 2. The molecular formula is C13H17FN2. The van der Waals surface area contributed by atoms with Gasteiger partial charge in [-0.15, -0.1) is 0 Å². The zero-order valence-corrected chi connectivity index (χ0v) is 9.30. The average molecular weight is 220 g/mol. The lowest BCUT2D eigenvalue weighted by Gasteiger charge is -2.16. The molecule has 1 aromatic rings. The highest BCUT2D eigenvalue weighted by Crippen LogP contribution is 2.61. The van der Waals surface area contributed by atoms with E-state index >= 15 is 0 Å². The fourth-order valence-corrected chi connectivity index (χ4v) is 2.58. The summed E-state index contributed by atoms with van der Waals surface area (Å²) in [6.07, 6.45) is 5.42. The Morgan fingerprint density at radius 2 is 2.06 bits per heavy atom. The van der Waals surface area contributed by atoms with Crippen molar-refractivity contribution in [3.8, 4) is 0 Å². The summed E-state index contributed by atoms with van der Waals surface area (Å²) in [5, 5.41) is 3.33. The quantitative estimate of drug-likeness (QED) is 0.765. The van der Waals surface area contributed by atoms with Crippen LogP contribution in [0.15, 0.2) is 18.2 Å². The molecular weight excluding hydrogens is 203 g/mol. The van der Waals surface area contributed by atoms with Crippen molar-refractivity contribution in [1.29, 1.82) is 0 Å². The van der Waals surface area contributed by atoms with Crippen molar-refractivity contribution >= 4 is 11.4 Å². The predicted octanol–water partition coefficient (Wildman–Crippen LogP) is 3.01. The molecule has 1 aromatic carbocycles. The molecule has 0 amide bonds. The summed E-state index contributed by atoms with van der Waals surface area (Å²) in [5.41, 5.74) is 7.43. The molecule has 0 bridgehead atoms. The van der Waals surface area contributed by atoms with E-state index in [1.54, 1.807) is 6.07 Å². The van der Waals surface area contributed by atoms with Crippen LogP contribution < -0.4 is 11.1 Å². The van der Waals surface area contributed by atoms with Crippen LogP contribution in [0.2, 0.25) is 0 Å². The Kier molecular flexibility index (Phi) is 2.09. The minimum atomic E-state index is -0.265. The second-order valence-electron chi connectivity index (χ2n) is 5.26. The highest BCUT2D eigenvalue weighted by molar-refractivity contribution is 5.54. The van der Waals surface area contributed by atoms with Crippen molar-refractivity contribution in [3.05, 3.63) is 24.0 Å². The molecule has 0 aromatic heterocycles. The maximum absolute atomic E-state index is 13.1. The molecule has 2 aliphatic rings. The summed E-state index contributed by atoms with van der Waals surface area (Å²) in [6.45, 7) is 0.973. The number of nitrogens with two attached hydrogens (primary N) is 1. The third kappa shape index (κ3) is 1.86. The molecule has 16 heavy (non-hydrogen) atoms. The smallest absolute Gasteiger partial charge is 0.127 e. The van der Waals surface area contributed by atoms with Gasteiger partial charge in [-0.05, 0) is 55.2 Å².